The molecule has 0 aliphatic carbocycles. The van der Waals surface area contributed by atoms with Crippen LogP contribution in [0.1, 0.15) is 13.3 Å². The molecule has 0 fully saturated rings. The third kappa shape index (κ3) is 6.84. The van der Waals surface area contributed by atoms with Crippen LogP contribution in [0.2, 0.25) is 5.02 Å². The molecule has 0 aromatic heterocycles. The molecule has 2 heterocycles. The number of anilines is 1. The Labute approximate surface area is 258 Å². The Hall–Kier alpha value is -1.58. The van der Waals surface area contributed by atoms with E-state index in [0.29, 0.717) is 34.1 Å². The number of quaternary nitrogens is 1. The molecule has 200 valence electrons. The number of hydrogen-bond donors (Lipinski definition) is 1. The second-order valence-corrected chi connectivity index (χ2v) is 13.2. The van der Waals surface area contributed by atoms with Gasteiger partial charge in [-0.3, -0.25) is 0 Å². The maximum Gasteiger partial charge on any atom is 1.00 e. The Morgan fingerprint density at radius 1 is 1.10 bits per heavy atom. The minimum absolute atomic E-state index is 0. The van der Waals surface area contributed by atoms with E-state index < -0.39 is 37.4 Å². The quantitative estimate of drug-likeness (QED) is 0.298. The summed E-state index contributed by atoms with van der Waals surface area (Å²) in [5.41, 5.74) is 1.79. The maximum absolute atomic E-state index is 11.9. The number of fused-ring (bicyclic) bond motifs is 4. The van der Waals surface area contributed by atoms with Gasteiger partial charge in [0.15, 0.2) is 17.3 Å². The molecule has 0 radical (unpaired) electrons. The SMILES string of the molecule is CCC(/C=C1\Oc2ccc3ccccc3c2[NH+]1CS(=O)(=O)[O-])=C\C1Sc2ccc(Cl)cc2N1CS(=O)(=O)[O-].[Na+]. The van der Waals surface area contributed by atoms with E-state index in [2.05, 4.69) is 0 Å². The van der Waals surface area contributed by atoms with E-state index in [1.54, 1.807) is 36.4 Å². The van der Waals surface area contributed by atoms with Crippen LogP contribution in [0.4, 0.5) is 11.4 Å². The average Bonchev–Trinajstić information content (AvgIpc) is 3.34. The summed E-state index contributed by atoms with van der Waals surface area (Å²) in [6.45, 7) is 1.88. The van der Waals surface area contributed by atoms with Crippen LogP contribution in [0.15, 0.2) is 83.1 Å². The molecule has 3 aromatic carbocycles. The first-order valence-electron chi connectivity index (χ1n) is 11.5. The Kier molecular flexibility index (Phi) is 9.14. The van der Waals surface area contributed by atoms with Crippen LogP contribution in [-0.2, 0) is 20.2 Å². The molecule has 0 saturated carbocycles. The van der Waals surface area contributed by atoms with Gasteiger partial charge in [-0.05, 0) is 53.8 Å². The number of allylic oxidation sites excluding steroid dienone is 2. The molecule has 14 heteroatoms. The van der Waals surface area contributed by atoms with Crippen molar-refractivity contribution in [2.45, 2.75) is 23.6 Å². The number of ether oxygens (including phenoxy) is 1. The Morgan fingerprint density at radius 2 is 1.85 bits per heavy atom. The van der Waals surface area contributed by atoms with Gasteiger partial charge in [-0.25, -0.2) is 21.7 Å². The van der Waals surface area contributed by atoms with E-state index in [-0.39, 0.29) is 40.3 Å². The molecule has 0 spiro atoms. The smallest absolute Gasteiger partial charge is 0.747 e. The molecule has 0 amide bonds. The summed E-state index contributed by atoms with van der Waals surface area (Å²) in [4.78, 5) is 2.50. The summed E-state index contributed by atoms with van der Waals surface area (Å²) in [5, 5.41) is 1.49. The Bertz CT molecular complexity index is 1710. The summed E-state index contributed by atoms with van der Waals surface area (Å²) in [6, 6.07) is 16.1. The zero-order chi connectivity index (χ0) is 27.2. The fourth-order valence-electron chi connectivity index (χ4n) is 4.59. The third-order valence-corrected chi connectivity index (χ3v) is 8.90. The summed E-state index contributed by atoms with van der Waals surface area (Å²) >= 11 is 7.49. The van der Waals surface area contributed by atoms with Gasteiger partial charge in [0, 0.05) is 21.4 Å². The third-order valence-electron chi connectivity index (χ3n) is 6.19. The minimum Gasteiger partial charge on any atom is -0.747 e. The molecule has 1 N–H and O–H groups in total. The van der Waals surface area contributed by atoms with Crippen LogP contribution in [0.5, 0.6) is 5.75 Å². The van der Waals surface area contributed by atoms with Crippen molar-refractivity contribution in [1.82, 2.24) is 0 Å². The maximum atomic E-state index is 11.9. The molecule has 5 rings (SSSR count). The largest absolute Gasteiger partial charge is 1.00 e. The number of rotatable bonds is 7. The van der Waals surface area contributed by atoms with Crippen molar-refractivity contribution in [2.75, 3.05) is 16.7 Å². The average molecular weight is 617 g/mol. The van der Waals surface area contributed by atoms with Gasteiger partial charge in [0.05, 0.1) is 11.1 Å². The molecule has 2 aliphatic rings. The minimum atomic E-state index is -4.64. The van der Waals surface area contributed by atoms with Crippen molar-refractivity contribution in [3.8, 4) is 5.75 Å². The standard InChI is InChI=1S/C25H23ClN2O7S3.Na/c1-2-16(12-24-27(14-37(29,30)31)20-13-18(26)8-10-22(20)36-24)11-23-28(15-38(32,33)34)25-19-6-4-3-5-17(19)7-9-21(25)35-23;/h3-13,24H,2,14-15H2,1H3,(H,29,30,31)(H,32,33,34);/q;+1/p-1/b16-12+,23-11-;. The van der Waals surface area contributed by atoms with Crippen LogP contribution < -0.4 is 44.1 Å². The van der Waals surface area contributed by atoms with E-state index >= 15 is 0 Å². The fraction of sp³-hybridized carbons (Fsp3) is 0.200. The number of nitrogens with zero attached hydrogens (tertiary/aromatic N) is 1. The van der Waals surface area contributed by atoms with Gasteiger partial charge in [0.2, 0.25) is 0 Å². The zero-order valence-corrected chi connectivity index (χ0v) is 26.2. The van der Waals surface area contributed by atoms with Crippen molar-refractivity contribution in [3.63, 3.8) is 0 Å². The van der Waals surface area contributed by atoms with Gasteiger partial charge in [-0.2, -0.15) is 0 Å². The van der Waals surface area contributed by atoms with Gasteiger partial charge >= 0.3 is 35.4 Å². The summed E-state index contributed by atoms with van der Waals surface area (Å²) in [5.74, 6) is -0.822. The van der Waals surface area contributed by atoms with Gasteiger partial charge in [-0.1, -0.05) is 54.6 Å². The van der Waals surface area contributed by atoms with E-state index in [1.807, 2.05) is 37.3 Å². The van der Waals surface area contributed by atoms with Crippen LogP contribution in [-0.4, -0.2) is 43.1 Å². The van der Waals surface area contributed by atoms with Crippen molar-refractivity contribution in [1.29, 1.82) is 0 Å². The molecule has 2 atom stereocenters. The normalized spacial score (nSPS) is 20.1. The van der Waals surface area contributed by atoms with E-state index in [0.717, 1.165) is 15.7 Å². The topological polar surface area (TPSA) is 131 Å². The van der Waals surface area contributed by atoms with Gasteiger partial charge in [0.25, 0.3) is 0 Å². The molecule has 2 aliphatic heterocycles. The summed E-state index contributed by atoms with van der Waals surface area (Å²) in [6.07, 6.45) is 3.94. The van der Waals surface area contributed by atoms with Crippen molar-refractivity contribution in [3.05, 3.63) is 83.2 Å². The molecule has 0 bridgehead atoms. The number of nitrogens with one attached hydrogen (secondary N) is 1. The van der Waals surface area contributed by atoms with Crippen LogP contribution in [0.25, 0.3) is 10.8 Å². The van der Waals surface area contributed by atoms with Crippen LogP contribution in [0, 0.1) is 0 Å². The fourth-order valence-corrected chi connectivity index (χ4v) is 7.39. The van der Waals surface area contributed by atoms with E-state index in [1.165, 1.54) is 16.7 Å². The first-order chi connectivity index (χ1) is 17.9. The second kappa shape index (κ2) is 11.7. The number of halogens is 1. The first-order valence-corrected chi connectivity index (χ1v) is 15.9. The van der Waals surface area contributed by atoms with Gasteiger partial charge in [-0.15, -0.1) is 0 Å². The number of hydrogen-bond acceptors (Lipinski definition) is 9. The summed E-state index contributed by atoms with van der Waals surface area (Å²) < 4.78 is 76.7. The van der Waals surface area contributed by atoms with E-state index in [4.69, 9.17) is 16.3 Å². The first kappa shape index (κ1) is 30.4. The monoisotopic (exact) mass is 616 g/mol. The Morgan fingerprint density at radius 3 is 2.54 bits per heavy atom. The van der Waals surface area contributed by atoms with Gasteiger partial charge in [0.1, 0.15) is 26.1 Å². The second-order valence-electron chi connectivity index (χ2n) is 8.82. The molecule has 2 unspecified atom stereocenters. The molecular formula is C25H22ClN2NaO7S3. The molecule has 9 nitrogen and oxygen atoms in total. The predicted octanol–water partition coefficient (Wildman–Crippen LogP) is 0.528. The van der Waals surface area contributed by atoms with Crippen molar-refractivity contribution >= 4 is 65.7 Å². The molecule has 0 saturated heterocycles. The van der Waals surface area contributed by atoms with Crippen molar-refractivity contribution < 1.29 is 65.1 Å². The molecule has 3 aromatic rings. The van der Waals surface area contributed by atoms with Crippen molar-refractivity contribution in [2.24, 2.45) is 0 Å². The van der Waals surface area contributed by atoms with E-state index in [9.17, 15) is 25.9 Å². The number of benzene rings is 3. The van der Waals surface area contributed by atoms with Crippen LogP contribution in [0.3, 0.4) is 0 Å². The predicted molar refractivity (Wildman–Crippen MR) is 144 cm³/mol. The summed E-state index contributed by atoms with van der Waals surface area (Å²) in [7, 11) is -9.24. The zero-order valence-electron chi connectivity index (χ0n) is 21.0. The molecular weight excluding hydrogens is 595 g/mol. The van der Waals surface area contributed by atoms with Gasteiger partial charge < -0.3 is 18.7 Å². The molecule has 39 heavy (non-hydrogen) atoms. The number of thioether (sulfide) groups is 1. The van der Waals surface area contributed by atoms with Crippen LogP contribution >= 0.6 is 23.4 Å². The Balaban J connectivity index is 0.00000353.